The molecule has 2 aromatic carbocycles. The first-order valence-electron chi connectivity index (χ1n) is 11.4. The average molecular weight is 502 g/mol. The van der Waals surface area contributed by atoms with Crippen LogP contribution in [0.2, 0.25) is 0 Å². The van der Waals surface area contributed by atoms with Gasteiger partial charge < -0.3 is 35.6 Å². The highest BCUT2D eigenvalue weighted by atomic mass is 16.6. The highest BCUT2D eigenvalue weighted by molar-refractivity contribution is 5.89. The third-order valence-corrected chi connectivity index (χ3v) is 5.02. The number of aliphatic carboxylic acids is 1. The molecule has 0 bridgehead atoms. The molecule has 0 aliphatic heterocycles. The van der Waals surface area contributed by atoms with Gasteiger partial charge in [-0.05, 0) is 30.4 Å². The minimum absolute atomic E-state index is 0.00951. The summed E-state index contributed by atoms with van der Waals surface area (Å²) in [5.74, 6) is -2.18. The van der Waals surface area contributed by atoms with Crippen LogP contribution in [0.5, 0.6) is 0 Å². The largest absolute Gasteiger partial charge is 0.480 e. The Kier molecular flexibility index (Phi) is 12.3. The van der Waals surface area contributed by atoms with Crippen LogP contribution in [0.1, 0.15) is 30.4 Å². The number of hydrogen-bond acceptors (Lipinski definition) is 7. The number of carboxylic acid groups (broad SMARTS) is 1. The van der Waals surface area contributed by atoms with Crippen LogP contribution in [0.15, 0.2) is 60.7 Å². The normalized spacial score (nSPS) is 12.0. The first-order valence-corrected chi connectivity index (χ1v) is 11.4. The number of alkyl carbamates (subject to hydrolysis) is 2. The maximum atomic E-state index is 12.6. The SMILES string of the molecule is O=C(NCCCC[C@H](NC(=O)OCc1ccccc1)C(=O)N[C@@H](CO)C(=O)O)OCc1ccccc1. The molecule has 0 unspecified atom stereocenters. The van der Waals surface area contributed by atoms with Crippen molar-refractivity contribution in [1.29, 1.82) is 0 Å². The minimum Gasteiger partial charge on any atom is -0.480 e. The summed E-state index contributed by atoms with van der Waals surface area (Å²) in [4.78, 5) is 47.8. The maximum absolute atomic E-state index is 12.6. The number of carbonyl (C=O) groups excluding carboxylic acids is 3. The van der Waals surface area contributed by atoms with Gasteiger partial charge >= 0.3 is 18.2 Å². The number of aliphatic hydroxyl groups excluding tert-OH is 1. The molecule has 0 saturated heterocycles. The molecule has 0 aromatic heterocycles. The van der Waals surface area contributed by atoms with E-state index in [0.717, 1.165) is 11.1 Å². The van der Waals surface area contributed by atoms with E-state index in [1.807, 2.05) is 36.4 Å². The zero-order valence-electron chi connectivity index (χ0n) is 19.7. The minimum atomic E-state index is -1.51. The summed E-state index contributed by atoms with van der Waals surface area (Å²) in [6, 6.07) is 15.5. The summed E-state index contributed by atoms with van der Waals surface area (Å²) in [6.07, 6.45) is -0.411. The second kappa shape index (κ2) is 15.7. The van der Waals surface area contributed by atoms with Crippen molar-refractivity contribution in [1.82, 2.24) is 16.0 Å². The molecule has 11 nitrogen and oxygen atoms in total. The molecule has 0 heterocycles. The van der Waals surface area contributed by atoms with Crippen LogP contribution in [-0.4, -0.2) is 59.5 Å². The molecule has 2 rings (SSSR count). The monoisotopic (exact) mass is 501 g/mol. The van der Waals surface area contributed by atoms with Crippen LogP contribution < -0.4 is 16.0 Å². The fraction of sp³-hybridized carbons (Fsp3) is 0.360. The van der Waals surface area contributed by atoms with Gasteiger partial charge in [-0.2, -0.15) is 0 Å². The smallest absolute Gasteiger partial charge is 0.408 e. The van der Waals surface area contributed by atoms with E-state index >= 15 is 0 Å². The third kappa shape index (κ3) is 10.9. The molecule has 2 aromatic rings. The molecule has 0 aliphatic rings. The standard InChI is InChI=1S/C25H31N3O8/c29-15-21(23(31)32)27-22(30)20(28-25(34)36-17-19-11-5-2-6-12-19)13-7-8-14-26-24(33)35-16-18-9-3-1-4-10-18/h1-6,9-12,20-21,29H,7-8,13-17H2,(H,26,33)(H,27,30)(H,28,34)(H,31,32)/t20-,21-/m0/s1. The Hall–Kier alpha value is -4.12. The molecule has 5 N–H and O–H groups in total. The van der Waals surface area contributed by atoms with Crippen molar-refractivity contribution in [3.05, 3.63) is 71.8 Å². The van der Waals surface area contributed by atoms with Gasteiger partial charge in [0.15, 0.2) is 0 Å². The fourth-order valence-electron chi connectivity index (χ4n) is 3.07. The van der Waals surface area contributed by atoms with Gasteiger partial charge in [-0.3, -0.25) is 4.79 Å². The molecular weight excluding hydrogens is 470 g/mol. The van der Waals surface area contributed by atoms with Crippen molar-refractivity contribution in [2.75, 3.05) is 13.2 Å². The van der Waals surface area contributed by atoms with E-state index in [1.165, 1.54) is 0 Å². The van der Waals surface area contributed by atoms with E-state index in [4.69, 9.17) is 14.6 Å². The Morgan fingerprint density at radius 3 is 1.83 bits per heavy atom. The van der Waals surface area contributed by atoms with Crippen molar-refractivity contribution in [2.24, 2.45) is 0 Å². The summed E-state index contributed by atoms with van der Waals surface area (Å²) in [7, 11) is 0. The molecule has 0 spiro atoms. The van der Waals surface area contributed by atoms with Crippen molar-refractivity contribution >= 4 is 24.1 Å². The van der Waals surface area contributed by atoms with Gasteiger partial charge in [0.25, 0.3) is 0 Å². The molecule has 0 fully saturated rings. The van der Waals surface area contributed by atoms with Gasteiger partial charge in [0.05, 0.1) is 6.61 Å². The van der Waals surface area contributed by atoms with Crippen molar-refractivity contribution in [2.45, 2.75) is 44.6 Å². The van der Waals surface area contributed by atoms with Gasteiger partial charge in [-0.15, -0.1) is 0 Å². The lowest BCUT2D eigenvalue weighted by Crippen LogP contribution is -2.52. The number of hydrogen-bond donors (Lipinski definition) is 5. The van der Waals surface area contributed by atoms with Gasteiger partial charge in [0.1, 0.15) is 25.3 Å². The number of amides is 3. The zero-order chi connectivity index (χ0) is 26.2. The first kappa shape index (κ1) is 28.1. The van der Waals surface area contributed by atoms with E-state index in [-0.39, 0.29) is 26.2 Å². The highest BCUT2D eigenvalue weighted by Gasteiger charge is 2.26. The van der Waals surface area contributed by atoms with Crippen LogP contribution in [0.25, 0.3) is 0 Å². The summed E-state index contributed by atoms with van der Waals surface area (Å²) < 4.78 is 10.3. The number of carbonyl (C=O) groups is 4. The summed E-state index contributed by atoms with van der Waals surface area (Å²) in [6.45, 7) is -0.403. The molecule has 3 amide bonds. The van der Waals surface area contributed by atoms with Crippen LogP contribution >= 0.6 is 0 Å². The van der Waals surface area contributed by atoms with Crippen molar-refractivity contribution in [3.8, 4) is 0 Å². The zero-order valence-corrected chi connectivity index (χ0v) is 19.7. The molecule has 194 valence electrons. The number of rotatable bonds is 14. The number of benzene rings is 2. The van der Waals surface area contributed by atoms with Gasteiger partial charge in [-0.25, -0.2) is 14.4 Å². The lowest BCUT2D eigenvalue weighted by molar-refractivity contribution is -0.143. The van der Waals surface area contributed by atoms with E-state index in [1.54, 1.807) is 24.3 Å². The third-order valence-electron chi connectivity index (χ3n) is 5.02. The van der Waals surface area contributed by atoms with Crippen LogP contribution in [0, 0.1) is 0 Å². The molecule has 2 atom stereocenters. The fourth-order valence-corrected chi connectivity index (χ4v) is 3.07. The predicted molar refractivity (Wildman–Crippen MR) is 129 cm³/mol. The first-order chi connectivity index (χ1) is 17.4. The topological polar surface area (TPSA) is 163 Å². The molecule has 0 aliphatic carbocycles. The summed E-state index contributed by atoms with van der Waals surface area (Å²) in [5.41, 5.74) is 1.61. The van der Waals surface area contributed by atoms with Crippen LogP contribution in [-0.2, 0) is 32.3 Å². The number of aliphatic hydroxyl groups is 1. The quantitative estimate of drug-likeness (QED) is 0.245. The van der Waals surface area contributed by atoms with Crippen LogP contribution in [0.3, 0.4) is 0 Å². The van der Waals surface area contributed by atoms with E-state index in [9.17, 15) is 24.3 Å². The van der Waals surface area contributed by atoms with Gasteiger partial charge in [-0.1, -0.05) is 60.7 Å². The summed E-state index contributed by atoms with van der Waals surface area (Å²) >= 11 is 0. The Morgan fingerprint density at radius 2 is 1.31 bits per heavy atom. The molecule has 0 radical (unpaired) electrons. The van der Waals surface area contributed by atoms with Crippen molar-refractivity contribution < 1.29 is 38.9 Å². The number of unbranched alkanes of at least 4 members (excludes halogenated alkanes) is 1. The molecular formula is C25H31N3O8. The second-order valence-electron chi connectivity index (χ2n) is 7.82. The van der Waals surface area contributed by atoms with Crippen molar-refractivity contribution in [3.63, 3.8) is 0 Å². The Bertz CT molecular complexity index is 972. The Morgan fingerprint density at radius 1 is 0.750 bits per heavy atom. The number of nitrogens with one attached hydrogen (secondary N) is 3. The second-order valence-corrected chi connectivity index (χ2v) is 7.82. The average Bonchev–Trinajstić information content (AvgIpc) is 2.89. The van der Waals surface area contributed by atoms with Gasteiger partial charge in [0, 0.05) is 6.54 Å². The number of ether oxygens (including phenoxy) is 2. The maximum Gasteiger partial charge on any atom is 0.408 e. The number of carboxylic acids is 1. The molecule has 11 heteroatoms. The van der Waals surface area contributed by atoms with E-state index in [2.05, 4.69) is 16.0 Å². The molecule has 36 heavy (non-hydrogen) atoms. The lowest BCUT2D eigenvalue weighted by atomic mass is 10.1. The Balaban J connectivity index is 1.79. The Labute approximate surface area is 208 Å². The molecule has 0 saturated carbocycles. The summed E-state index contributed by atoms with van der Waals surface area (Å²) in [5, 5.41) is 25.5. The van der Waals surface area contributed by atoms with E-state index in [0.29, 0.717) is 12.8 Å². The predicted octanol–water partition coefficient (Wildman–Crippen LogP) is 1.94. The highest BCUT2D eigenvalue weighted by Crippen LogP contribution is 2.05. The lowest BCUT2D eigenvalue weighted by Gasteiger charge is -2.20. The van der Waals surface area contributed by atoms with E-state index < -0.39 is 42.8 Å². The van der Waals surface area contributed by atoms with Crippen LogP contribution in [0.4, 0.5) is 9.59 Å². The van der Waals surface area contributed by atoms with Gasteiger partial charge in [0.2, 0.25) is 5.91 Å².